The van der Waals surface area contributed by atoms with Gasteiger partial charge in [-0.3, -0.25) is 0 Å². The minimum atomic E-state index is 0.591. The van der Waals surface area contributed by atoms with Gasteiger partial charge in [0.05, 0.1) is 0 Å². The number of hydrogen-bond acceptors (Lipinski definition) is 1. The quantitative estimate of drug-likeness (QED) is 0.770. The molecule has 17 heavy (non-hydrogen) atoms. The normalized spacial score (nSPS) is 12.4. The van der Waals surface area contributed by atoms with Crippen LogP contribution in [0.15, 0.2) is 66.9 Å². The van der Waals surface area contributed by atoms with Crippen LogP contribution in [0.4, 0.5) is 0 Å². The predicted molar refractivity (Wildman–Crippen MR) is 76.4 cm³/mol. The number of benzene rings is 1. The Balaban J connectivity index is 3.04. The third-order valence-corrected chi connectivity index (χ3v) is 2.62. The number of hydrogen-bond donors (Lipinski definition) is 1. The lowest BCUT2D eigenvalue weighted by atomic mass is 10.0. The fraction of sp³-hybridized carbons (Fsp3) is 0.125. The van der Waals surface area contributed by atoms with Crippen LogP contribution in [0.25, 0.3) is 5.57 Å². The van der Waals surface area contributed by atoms with Gasteiger partial charge in [-0.15, -0.1) is 0 Å². The van der Waals surface area contributed by atoms with E-state index in [1.165, 1.54) is 5.56 Å². The summed E-state index contributed by atoms with van der Waals surface area (Å²) in [6.07, 6.45) is 5.80. The highest BCUT2D eigenvalue weighted by Gasteiger charge is 1.96. The van der Waals surface area contributed by atoms with Crippen LogP contribution in [0.2, 0.25) is 0 Å². The van der Waals surface area contributed by atoms with Crippen molar-refractivity contribution in [2.75, 3.05) is 0 Å². The minimum absolute atomic E-state index is 0.591. The molecule has 1 aromatic carbocycles. The number of allylic oxidation sites excluding steroid dienone is 5. The van der Waals surface area contributed by atoms with Crippen LogP contribution in [-0.4, -0.2) is 0 Å². The molecular formula is C16H19N. The van der Waals surface area contributed by atoms with E-state index in [1.54, 1.807) is 0 Å². The maximum absolute atomic E-state index is 5.60. The Bertz CT molecular complexity index is 473. The summed E-state index contributed by atoms with van der Waals surface area (Å²) in [5.41, 5.74) is 10.6. The maximum atomic E-state index is 5.60. The van der Waals surface area contributed by atoms with Gasteiger partial charge in [-0.1, -0.05) is 61.2 Å². The van der Waals surface area contributed by atoms with Crippen molar-refractivity contribution in [1.82, 2.24) is 0 Å². The van der Waals surface area contributed by atoms with E-state index in [0.29, 0.717) is 5.70 Å². The summed E-state index contributed by atoms with van der Waals surface area (Å²) < 4.78 is 0. The van der Waals surface area contributed by atoms with E-state index in [1.807, 2.05) is 25.2 Å². The first kappa shape index (κ1) is 13.0. The van der Waals surface area contributed by atoms with Crippen LogP contribution in [0.3, 0.4) is 0 Å². The molecule has 0 saturated heterocycles. The van der Waals surface area contributed by atoms with Crippen molar-refractivity contribution >= 4 is 5.57 Å². The van der Waals surface area contributed by atoms with Crippen LogP contribution in [0.1, 0.15) is 18.1 Å². The second-order valence-corrected chi connectivity index (χ2v) is 4.07. The molecule has 0 heterocycles. The van der Waals surface area contributed by atoms with Gasteiger partial charge in [0.1, 0.15) is 0 Å². The Hall–Kier alpha value is -2.02. The summed E-state index contributed by atoms with van der Waals surface area (Å²) >= 11 is 0. The van der Waals surface area contributed by atoms with Crippen molar-refractivity contribution in [1.29, 1.82) is 0 Å². The summed E-state index contributed by atoms with van der Waals surface area (Å²) in [5.74, 6) is 0. The molecule has 0 aliphatic rings. The molecule has 0 amide bonds. The van der Waals surface area contributed by atoms with E-state index >= 15 is 0 Å². The van der Waals surface area contributed by atoms with Crippen molar-refractivity contribution in [3.63, 3.8) is 0 Å². The van der Waals surface area contributed by atoms with Gasteiger partial charge in [0.25, 0.3) is 0 Å². The van der Waals surface area contributed by atoms with Crippen molar-refractivity contribution < 1.29 is 0 Å². The molecule has 1 heteroatoms. The first-order chi connectivity index (χ1) is 8.04. The molecule has 88 valence electrons. The second kappa shape index (κ2) is 5.90. The topological polar surface area (TPSA) is 26.0 Å². The Morgan fingerprint density at radius 3 is 2.24 bits per heavy atom. The number of rotatable bonds is 4. The average molecular weight is 225 g/mol. The fourth-order valence-corrected chi connectivity index (χ4v) is 1.35. The highest BCUT2D eigenvalue weighted by Crippen LogP contribution is 2.17. The first-order valence-electron chi connectivity index (χ1n) is 5.57. The molecule has 0 aliphatic heterocycles. The summed E-state index contributed by atoms with van der Waals surface area (Å²) in [4.78, 5) is 0. The SMILES string of the molecule is C=C/C(=C\C=C(/C)C(=C)N)c1ccc(C)cc1. The van der Waals surface area contributed by atoms with Gasteiger partial charge in [-0.25, -0.2) is 0 Å². The first-order valence-corrected chi connectivity index (χ1v) is 5.57. The molecule has 1 rings (SSSR count). The zero-order valence-corrected chi connectivity index (χ0v) is 10.5. The van der Waals surface area contributed by atoms with Crippen LogP contribution in [0.5, 0.6) is 0 Å². The van der Waals surface area contributed by atoms with Crippen LogP contribution in [-0.2, 0) is 0 Å². The summed E-state index contributed by atoms with van der Waals surface area (Å²) in [6, 6.07) is 8.35. The highest BCUT2D eigenvalue weighted by molar-refractivity contribution is 5.75. The molecule has 0 bridgehead atoms. The molecule has 0 fully saturated rings. The monoisotopic (exact) mass is 225 g/mol. The van der Waals surface area contributed by atoms with E-state index < -0.39 is 0 Å². The summed E-state index contributed by atoms with van der Waals surface area (Å²) in [5, 5.41) is 0. The van der Waals surface area contributed by atoms with E-state index in [-0.39, 0.29) is 0 Å². The molecule has 0 spiro atoms. The van der Waals surface area contributed by atoms with Gasteiger partial charge in [0, 0.05) is 5.70 Å². The van der Waals surface area contributed by atoms with E-state index in [9.17, 15) is 0 Å². The molecule has 0 atom stereocenters. The van der Waals surface area contributed by atoms with Crippen LogP contribution < -0.4 is 5.73 Å². The van der Waals surface area contributed by atoms with E-state index in [0.717, 1.165) is 16.7 Å². The number of nitrogens with two attached hydrogens (primary N) is 1. The molecule has 0 aliphatic carbocycles. The van der Waals surface area contributed by atoms with Crippen molar-refractivity contribution in [3.05, 3.63) is 78.0 Å². The van der Waals surface area contributed by atoms with Crippen LogP contribution in [0, 0.1) is 6.92 Å². The molecule has 0 aromatic heterocycles. The van der Waals surface area contributed by atoms with Gasteiger partial charge in [0.2, 0.25) is 0 Å². The van der Waals surface area contributed by atoms with Gasteiger partial charge >= 0.3 is 0 Å². The third kappa shape index (κ3) is 3.80. The lowest BCUT2D eigenvalue weighted by molar-refractivity contribution is 1.31. The average Bonchev–Trinajstić information content (AvgIpc) is 2.31. The Morgan fingerprint density at radius 2 is 1.76 bits per heavy atom. The molecule has 0 saturated carbocycles. The molecule has 1 aromatic rings. The fourth-order valence-electron chi connectivity index (χ4n) is 1.35. The zero-order chi connectivity index (χ0) is 12.8. The van der Waals surface area contributed by atoms with Gasteiger partial charge in [-0.05, 0) is 30.6 Å². The molecule has 0 radical (unpaired) electrons. The lowest BCUT2D eigenvalue weighted by Gasteiger charge is -2.03. The van der Waals surface area contributed by atoms with E-state index in [4.69, 9.17) is 5.73 Å². The standard InChI is InChI=1S/C16H19N/c1-5-15(11-8-13(3)14(4)17)16-9-6-12(2)7-10-16/h5-11H,1,4,17H2,2-3H3/b13-8+,15-11+. The molecule has 2 N–H and O–H groups in total. The largest absolute Gasteiger partial charge is 0.399 e. The lowest BCUT2D eigenvalue weighted by Crippen LogP contribution is -1.94. The highest BCUT2D eigenvalue weighted by atomic mass is 14.6. The van der Waals surface area contributed by atoms with Gasteiger partial charge < -0.3 is 5.73 Å². The molecular weight excluding hydrogens is 206 g/mol. The summed E-state index contributed by atoms with van der Waals surface area (Å²) in [7, 11) is 0. The Kier molecular flexibility index (Phi) is 4.53. The van der Waals surface area contributed by atoms with Crippen molar-refractivity contribution in [2.45, 2.75) is 13.8 Å². The minimum Gasteiger partial charge on any atom is -0.399 e. The maximum Gasteiger partial charge on any atom is 0.0270 e. The van der Waals surface area contributed by atoms with Crippen molar-refractivity contribution in [3.8, 4) is 0 Å². The predicted octanol–water partition coefficient (Wildman–Crippen LogP) is 3.98. The summed E-state index contributed by atoms with van der Waals surface area (Å²) in [6.45, 7) is 11.5. The van der Waals surface area contributed by atoms with Gasteiger partial charge in [0.15, 0.2) is 0 Å². The van der Waals surface area contributed by atoms with Crippen molar-refractivity contribution in [2.24, 2.45) is 5.73 Å². The Labute approximate surface area is 104 Å². The number of aryl methyl sites for hydroxylation is 1. The van der Waals surface area contributed by atoms with Gasteiger partial charge in [-0.2, -0.15) is 0 Å². The van der Waals surface area contributed by atoms with E-state index in [2.05, 4.69) is 44.3 Å². The molecule has 0 unspecified atom stereocenters. The third-order valence-electron chi connectivity index (χ3n) is 2.62. The second-order valence-electron chi connectivity index (χ2n) is 4.07. The smallest absolute Gasteiger partial charge is 0.0270 e. The zero-order valence-electron chi connectivity index (χ0n) is 10.5. The van der Waals surface area contributed by atoms with Crippen LogP contribution >= 0.6 is 0 Å². The Morgan fingerprint density at radius 1 is 1.18 bits per heavy atom. The molecule has 1 nitrogen and oxygen atoms in total.